The van der Waals surface area contributed by atoms with E-state index in [4.69, 9.17) is 4.74 Å². The first-order chi connectivity index (χ1) is 14.5. The molecule has 0 spiro atoms. The zero-order valence-corrected chi connectivity index (χ0v) is 17.4. The average molecular weight is 426 g/mol. The molecule has 0 unspecified atom stereocenters. The minimum Gasteiger partial charge on any atom is -0.495 e. The van der Waals surface area contributed by atoms with E-state index < -0.39 is 10.0 Å². The summed E-state index contributed by atoms with van der Waals surface area (Å²) >= 11 is 0. The number of sulfonamides is 1. The highest BCUT2D eigenvalue weighted by Crippen LogP contribution is 2.27. The van der Waals surface area contributed by atoms with Gasteiger partial charge in [0.25, 0.3) is 10.0 Å². The molecular formula is C21H23N5O3S. The zero-order chi connectivity index (χ0) is 21.0. The van der Waals surface area contributed by atoms with Crippen molar-refractivity contribution in [2.24, 2.45) is 0 Å². The third kappa shape index (κ3) is 4.46. The van der Waals surface area contributed by atoms with Gasteiger partial charge in [-0.3, -0.25) is 4.72 Å². The van der Waals surface area contributed by atoms with Crippen molar-refractivity contribution in [2.75, 3.05) is 35.1 Å². The Bertz CT molecular complexity index is 1110. The molecule has 0 atom stereocenters. The molecule has 8 nitrogen and oxygen atoms in total. The molecule has 1 aromatic heterocycles. The number of hydrogen-bond donors (Lipinski definition) is 2. The highest BCUT2D eigenvalue weighted by Gasteiger charge is 2.19. The van der Waals surface area contributed by atoms with E-state index in [-0.39, 0.29) is 4.90 Å². The van der Waals surface area contributed by atoms with Crippen LogP contribution in [0.1, 0.15) is 12.8 Å². The fraction of sp³-hybridized carbons (Fsp3) is 0.238. The molecule has 0 aliphatic carbocycles. The van der Waals surface area contributed by atoms with Crippen LogP contribution in [0.25, 0.3) is 0 Å². The highest BCUT2D eigenvalue weighted by atomic mass is 32.2. The Morgan fingerprint density at radius 2 is 1.70 bits per heavy atom. The van der Waals surface area contributed by atoms with Crippen LogP contribution in [0.5, 0.6) is 5.75 Å². The number of aromatic nitrogens is 2. The molecule has 0 saturated carbocycles. The summed E-state index contributed by atoms with van der Waals surface area (Å²) < 4.78 is 33.1. The van der Waals surface area contributed by atoms with Crippen LogP contribution in [-0.4, -0.2) is 38.8 Å². The lowest BCUT2D eigenvalue weighted by Gasteiger charge is -2.17. The summed E-state index contributed by atoms with van der Waals surface area (Å²) in [6.07, 6.45) is 4.15. The van der Waals surface area contributed by atoms with E-state index >= 15 is 0 Å². The minimum atomic E-state index is -3.77. The standard InChI is InChI=1S/C21H23N5O3S/c1-29-19-6-2-3-7-20(19)30(27,28)25-17-10-8-16(9-11-17)23-21-14-18(15-22-24-21)26-12-4-5-13-26/h2-3,6-11,14-15,25H,4-5,12-13H2,1H3,(H,23,24). The number of benzene rings is 2. The van der Waals surface area contributed by atoms with Crippen molar-refractivity contribution in [3.8, 4) is 5.75 Å². The normalized spacial score (nSPS) is 13.8. The van der Waals surface area contributed by atoms with Crippen LogP contribution in [-0.2, 0) is 10.0 Å². The third-order valence-corrected chi connectivity index (χ3v) is 6.30. The molecule has 0 amide bonds. The molecule has 9 heteroatoms. The fourth-order valence-corrected chi connectivity index (χ4v) is 4.62. The van der Waals surface area contributed by atoms with Gasteiger partial charge < -0.3 is 15.0 Å². The predicted molar refractivity (Wildman–Crippen MR) is 117 cm³/mol. The summed E-state index contributed by atoms with van der Waals surface area (Å²) in [6, 6.07) is 15.4. The van der Waals surface area contributed by atoms with Crippen molar-refractivity contribution < 1.29 is 13.2 Å². The Morgan fingerprint density at radius 3 is 2.43 bits per heavy atom. The quantitative estimate of drug-likeness (QED) is 0.597. The van der Waals surface area contributed by atoms with Gasteiger partial charge in [-0.25, -0.2) is 8.42 Å². The molecule has 1 saturated heterocycles. The molecule has 1 aliphatic heterocycles. The van der Waals surface area contributed by atoms with E-state index in [0.717, 1.165) is 24.5 Å². The number of hydrogen-bond acceptors (Lipinski definition) is 7. The van der Waals surface area contributed by atoms with Crippen LogP contribution in [0.15, 0.2) is 65.7 Å². The summed E-state index contributed by atoms with van der Waals surface area (Å²) in [6.45, 7) is 2.07. The number of ether oxygens (including phenoxy) is 1. The maximum atomic E-state index is 12.7. The van der Waals surface area contributed by atoms with Crippen molar-refractivity contribution in [1.82, 2.24) is 10.2 Å². The molecule has 1 fully saturated rings. The summed E-state index contributed by atoms with van der Waals surface area (Å²) in [7, 11) is -2.33. The zero-order valence-electron chi connectivity index (χ0n) is 16.6. The Labute approximate surface area is 176 Å². The van der Waals surface area contributed by atoms with E-state index in [1.165, 1.54) is 26.0 Å². The molecule has 1 aliphatic rings. The molecule has 3 aromatic rings. The summed E-state index contributed by atoms with van der Waals surface area (Å²) in [5, 5.41) is 11.4. The topological polar surface area (TPSA) is 96.5 Å². The van der Waals surface area contributed by atoms with Gasteiger partial charge in [-0.2, -0.15) is 5.10 Å². The molecule has 156 valence electrons. The van der Waals surface area contributed by atoms with Gasteiger partial charge in [0.15, 0.2) is 5.82 Å². The van der Waals surface area contributed by atoms with Gasteiger partial charge in [0.2, 0.25) is 0 Å². The van der Waals surface area contributed by atoms with Crippen molar-refractivity contribution in [2.45, 2.75) is 17.7 Å². The Hall–Kier alpha value is -3.33. The van der Waals surface area contributed by atoms with Gasteiger partial charge in [0.05, 0.1) is 19.0 Å². The van der Waals surface area contributed by atoms with E-state index in [1.807, 2.05) is 6.07 Å². The van der Waals surface area contributed by atoms with Crippen molar-refractivity contribution in [1.29, 1.82) is 0 Å². The lowest BCUT2D eigenvalue weighted by molar-refractivity contribution is 0.403. The smallest absolute Gasteiger partial charge is 0.265 e. The van der Waals surface area contributed by atoms with Crippen LogP contribution in [0.3, 0.4) is 0 Å². The van der Waals surface area contributed by atoms with Gasteiger partial charge >= 0.3 is 0 Å². The van der Waals surface area contributed by atoms with Gasteiger partial charge in [0.1, 0.15) is 10.6 Å². The van der Waals surface area contributed by atoms with E-state index in [1.54, 1.807) is 48.7 Å². The minimum absolute atomic E-state index is 0.0868. The van der Waals surface area contributed by atoms with Gasteiger partial charge in [-0.1, -0.05) is 12.1 Å². The lowest BCUT2D eigenvalue weighted by atomic mass is 10.3. The van der Waals surface area contributed by atoms with Crippen LogP contribution in [0.2, 0.25) is 0 Å². The summed E-state index contributed by atoms with van der Waals surface area (Å²) in [5.74, 6) is 0.932. The lowest BCUT2D eigenvalue weighted by Crippen LogP contribution is -2.18. The third-order valence-electron chi connectivity index (χ3n) is 4.88. The maximum absolute atomic E-state index is 12.7. The molecule has 2 N–H and O–H groups in total. The molecule has 0 bridgehead atoms. The first kappa shape index (κ1) is 20.0. The van der Waals surface area contributed by atoms with E-state index in [0.29, 0.717) is 17.3 Å². The number of anilines is 4. The predicted octanol–water partition coefficient (Wildman–Crippen LogP) is 3.63. The van der Waals surface area contributed by atoms with Crippen LogP contribution < -0.4 is 19.7 Å². The number of nitrogens with zero attached hydrogens (tertiary/aromatic N) is 3. The second-order valence-electron chi connectivity index (χ2n) is 6.95. The van der Waals surface area contributed by atoms with E-state index in [2.05, 4.69) is 25.1 Å². The van der Waals surface area contributed by atoms with Gasteiger partial charge in [-0.15, -0.1) is 5.10 Å². The largest absolute Gasteiger partial charge is 0.495 e. The maximum Gasteiger partial charge on any atom is 0.265 e. The van der Waals surface area contributed by atoms with Crippen molar-refractivity contribution >= 4 is 32.9 Å². The summed E-state index contributed by atoms with van der Waals surface area (Å²) in [4.78, 5) is 2.37. The molecule has 2 aromatic carbocycles. The molecule has 2 heterocycles. The average Bonchev–Trinajstić information content (AvgIpc) is 3.30. The summed E-state index contributed by atoms with van der Waals surface area (Å²) in [5.41, 5.74) is 2.28. The van der Waals surface area contributed by atoms with Crippen molar-refractivity contribution in [3.05, 3.63) is 60.8 Å². The Morgan fingerprint density at radius 1 is 1.00 bits per heavy atom. The second kappa shape index (κ2) is 8.58. The van der Waals surface area contributed by atoms with Crippen molar-refractivity contribution in [3.63, 3.8) is 0 Å². The van der Waals surface area contributed by atoms with Gasteiger partial charge in [-0.05, 0) is 49.2 Å². The number of rotatable bonds is 7. The number of methoxy groups -OCH3 is 1. The first-order valence-electron chi connectivity index (χ1n) is 9.66. The second-order valence-corrected chi connectivity index (χ2v) is 8.60. The molecule has 30 heavy (non-hydrogen) atoms. The van der Waals surface area contributed by atoms with Crippen LogP contribution in [0, 0.1) is 0 Å². The first-order valence-corrected chi connectivity index (χ1v) is 11.1. The molecular weight excluding hydrogens is 402 g/mol. The number of para-hydroxylation sites is 1. The van der Waals surface area contributed by atoms with Crippen LogP contribution >= 0.6 is 0 Å². The van der Waals surface area contributed by atoms with E-state index in [9.17, 15) is 8.42 Å². The van der Waals surface area contributed by atoms with Gasteiger partial charge in [0, 0.05) is 30.5 Å². The Kier molecular flexibility index (Phi) is 5.71. The molecule has 0 radical (unpaired) electrons. The highest BCUT2D eigenvalue weighted by molar-refractivity contribution is 7.92. The Balaban J connectivity index is 1.46. The van der Waals surface area contributed by atoms with Crippen LogP contribution in [0.4, 0.5) is 22.9 Å². The molecule has 4 rings (SSSR count). The SMILES string of the molecule is COc1ccccc1S(=O)(=O)Nc1ccc(Nc2cc(N3CCCC3)cnn2)cc1. The number of nitrogens with one attached hydrogen (secondary N) is 2. The fourth-order valence-electron chi connectivity index (χ4n) is 3.39. The monoisotopic (exact) mass is 425 g/mol.